The number of rotatable bonds is 3. The maximum Gasteiger partial charge on any atom is 0.417 e. The molecule has 0 bridgehead atoms. The van der Waals surface area contributed by atoms with Crippen LogP contribution in [0.2, 0.25) is 0 Å². The molecule has 0 N–H and O–H groups in total. The van der Waals surface area contributed by atoms with Crippen molar-refractivity contribution in [3.63, 3.8) is 0 Å². The summed E-state index contributed by atoms with van der Waals surface area (Å²) < 4.78 is 45.5. The number of aryl methyl sites for hydroxylation is 1. The van der Waals surface area contributed by atoms with Crippen LogP contribution >= 0.6 is 0 Å². The molecule has 0 radical (unpaired) electrons. The molecule has 2 fully saturated rings. The molecule has 1 atom stereocenters. The van der Waals surface area contributed by atoms with Crippen molar-refractivity contribution in [2.75, 3.05) is 38.6 Å². The molecule has 0 saturated carbocycles. The van der Waals surface area contributed by atoms with Crippen molar-refractivity contribution in [3.8, 4) is 6.07 Å². The minimum Gasteiger partial charge on any atom is -0.438 e. The number of likely N-dealkylation sites (N-methyl/N-ethyl adjacent to an activating group) is 1. The Labute approximate surface area is 200 Å². The van der Waals surface area contributed by atoms with Gasteiger partial charge in [-0.2, -0.15) is 18.4 Å². The van der Waals surface area contributed by atoms with Crippen molar-refractivity contribution in [1.29, 1.82) is 5.26 Å². The van der Waals surface area contributed by atoms with Crippen LogP contribution in [0, 0.1) is 23.7 Å². The van der Waals surface area contributed by atoms with Gasteiger partial charge in [-0.25, -0.2) is 4.98 Å². The molecule has 2 aliphatic rings. The zero-order chi connectivity index (χ0) is 25.5. The van der Waals surface area contributed by atoms with E-state index in [0.29, 0.717) is 50.3 Å². The Bertz CT molecular complexity index is 1180. The summed E-state index contributed by atoms with van der Waals surface area (Å²) >= 11 is 0. The Morgan fingerprint density at radius 1 is 1.26 bits per heavy atom. The number of anilines is 1. The lowest BCUT2D eigenvalue weighted by Gasteiger charge is -2.40. The molecule has 3 heterocycles. The van der Waals surface area contributed by atoms with E-state index in [1.807, 2.05) is 4.90 Å². The molecule has 8 nitrogen and oxygen atoms in total. The van der Waals surface area contributed by atoms with Gasteiger partial charge in [0.1, 0.15) is 6.04 Å². The number of piperidine rings is 1. The smallest absolute Gasteiger partial charge is 0.417 e. The summed E-state index contributed by atoms with van der Waals surface area (Å²) in [6.45, 7) is 2.95. The molecule has 2 aliphatic heterocycles. The molecule has 2 saturated heterocycles. The molecule has 2 aromatic rings. The third-order valence-corrected chi connectivity index (χ3v) is 7.05. The van der Waals surface area contributed by atoms with Crippen molar-refractivity contribution in [2.45, 2.75) is 38.4 Å². The third kappa shape index (κ3) is 4.57. The number of hydrogen-bond acceptors (Lipinski definition) is 6. The Balaban J connectivity index is 1.55. The number of amides is 2. The van der Waals surface area contributed by atoms with Crippen LogP contribution in [0.3, 0.4) is 0 Å². The number of likely N-dealkylation sites (tertiary alicyclic amines) is 1. The van der Waals surface area contributed by atoms with Gasteiger partial charge in [0.25, 0.3) is 5.91 Å². The number of benzene rings is 1. The number of nitrogens with zero attached hydrogens (tertiary/aromatic N) is 5. The summed E-state index contributed by atoms with van der Waals surface area (Å²) in [7, 11) is 3.28. The predicted molar refractivity (Wildman–Crippen MR) is 119 cm³/mol. The van der Waals surface area contributed by atoms with Crippen molar-refractivity contribution in [1.82, 2.24) is 14.8 Å². The van der Waals surface area contributed by atoms with Crippen LogP contribution in [0.5, 0.6) is 0 Å². The van der Waals surface area contributed by atoms with Crippen LogP contribution in [-0.2, 0) is 11.0 Å². The van der Waals surface area contributed by atoms with Crippen molar-refractivity contribution in [2.24, 2.45) is 5.41 Å². The second-order valence-corrected chi connectivity index (χ2v) is 9.48. The first-order valence-electron chi connectivity index (χ1n) is 11.2. The number of carbonyl (C=O) groups excluding carboxylic acids is 2. The fourth-order valence-corrected chi connectivity index (χ4v) is 5.09. The highest BCUT2D eigenvalue weighted by Crippen LogP contribution is 2.45. The van der Waals surface area contributed by atoms with Gasteiger partial charge in [0.05, 0.1) is 22.9 Å². The largest absolute Gasteiger partial charge is 0.438 e. The number of halogens is 3. The first-order valence-corrected chi connectivity index (χ1v) is 11.2. The topological polar surface area (TPSA) is 93.7 Å². The average Bonchev–Trinajstić information content (AvgIpc) is 3.41. The van der Waals surface area contributed by atoms with Gasteiger partial charge in [-0.15, -0.1) is 0 Å². The van der Waals surface area contributed by atoms with Gasteiger partial charge in [-0.1, -0.05) is 0 Å². The van der Waals surface area contributed by atoms with Gasteiger partial charge in [0, 0.05) is 39.4 Å². The zero-order valence-corrected chi connectivity index (χ0v) is 19.7. The van der Waals surface area contributed by atoms with E-state index in [-0.39, 0.29) is 23.0 Å². The molecular weight excluding hydrogens is 463 g/mol. The van der Waals surface area contributed by atoms with Crippen LogP contribution in [0.1, 0.15) is 46.6 Å². The Morgan fingerprint density at radius 2 is 1.94 bits per heavy atom. The van der Waals surface area contributed by atoms with Gasteiger partial charge in [-0.05, 0) is 49.8 Å². The molecule has 0 aliphatic carbocycles. The second-order valence-electron chi connectivity index (χ2n) is 9.48. The fraction of sp³-hybridized carbons (Fsp3) is 0.500. The molecule has 1 aromatic carbocycles. The summed E-state index contributed by atoms with van der Waals surface area (Å²) in [6, 6.07) is 4.70. The van der Waals surface area contributed by atoms with Gasteiger partial charge < -0.3 is 19.1 Å². The highest BCUT2D eigenvalue weighted by Gasteiger charge is 2.51. The lowest BCUT2D eigenvalue weighted by atomic mass is 9.76. The molecule has 186 valence electrons. The van der Waals surface area contributed by atoms with Gasteiger partial charge >= 0.3 is 6.18 Å². The number of alkyl halides is 3. The SMILES string of the molecule is Cc1ncoc1C(=O)N1CC2(CCN(c3ccc(C#N)c(C(F)(F)F)c3)CC2)CC1C(=O)N(C)C. The molecule has 35 heavy (non-hydrogen) atoms. The number of oxazole rings is 1. The van der Waals surface area contributed by atoms with Gasteiger partial charge in [0.2, 0.25) is 11.7 Å². The third-order valence-electron chi connectivity index (χ3n) is 7.05. The fourth-order valence-electron chi connectivity index (χ4n) is 5.09. The predicted octanol–water partition coefficient (Wildman–Crippen LogP) is 3.46. The molecule has 1 unspecified atom stereocenters. The van der Waals surface area contributed by atoms with Crippen LogP contribution in [-0.4, -0.2) is 66.4 Å². The second kappa shape index (κ2) is 8.91. The summed E-state index contributed by atoms with van der Waals surface area (Å²) in [5, 5.41) is 9.05. The van der Waals surface area contributed by atoms with E-state index in [9.17, 15) is 22.8 Å². The van der Waals surface area contributed by atoms with Gasteiger partial charge in [0.15, 0.2) is 6.39 Å². The van der Waals surface area contributed by atoms with E-state index in [4.69, 9.17) is 9.68 Å². The standard InChI is InChI=1S/C24H26F3N5O3/c1-15-20(35-14-29-15)22(34)32-13-23(11-19(32)21(33)30(2)3)6-8-31(9-7-23)17-5-4-16(12-28)18(10-17)24(25,26)27/h4-5,10,14,19H,6-9,11,13H2,1-3H3. The maximum absolute atomic E-state index is 13.4. The molecule has 2 amide bonds. The zero-order valence-electron chi connectivity index (χ0n) is 19.7. The minimum absolute atomic E-state index is 0.105. The number of carbonyl (C=O) groups is 2. The van der Waals surface area contributed by atoms with Crippen LogP contribution in [0.15, 0.2) is 29.0 Å². The highest BCUT2D eigenvalue weighted by molar-refractivity contribution is 5.96. The van der Waals surface area contributed by atoms with E-state index in [1.54, 1.807) is 32.0 Å². The van der Waals surface area contributed by atoms with Crippen molar-refractivity contribution in [3.05, 3.63) is 47.2 Å². The summed E-state index contributed by atoms with van der Waals surface area (Å²) in [4.78, 5) is 35.1. The molecule has 11 heteroatoms. The van der Waals surface area contributed by atoms with Crippen LogP contribution in [0.25, 0.3) is 0 Å². The molecule has 1 spiro atoms. The van der Waals surface area contributed by atoms with E-state index in [0.717, 1.165) is 6.07 Å². The minimum atomic E-state index is -4.62. The Kier molecular flexibility index (Phi) is 6.25. The monoisotopic (exact) mass is 489 g/mol. The molecular formula is C24H26F3N5O3. The number of nitriles is 1. The van der Waals surface area contributed by atoms with E-state index >= 15 is 0 Å². The first-order chi connectivity index (χ1) is 16.5. The lowest BCUT2D eigenvalue weighted by Crippen LogP contribution is -2.45. The maximum atomic E-state index is 13.4. The molecule has 1 aromatic heterocycles. The van der Waals surface area contributed by atoms with E-state index in [2.05, 4.69) is 4.98 Å². The Morgan fingerprint density at radius 3 is 2.49 bits per heavy atom. The lowest BCUT2D eigenvalue weighted by molar-refractivity contribution is -0.137. The first kappa shape index (κ1) is 24.6. The quantitative estimate of drug-likeness (QED) is 0.656. The molecule has 4 rings (SSSR count). The van der Waals surface area contributed by atoms with E-state index in [1.165, 1.54) is 23.4 Å². The number of aromatic nitrogens is 1. The van der Waals surface area contributed by atoms with Crippen molar-refractivity contribution >= 4 is 17.5 Å². The summed E-state index contributed by atoms with van der Waals surface area (Å²) in [5.74, 6) is -0.466. The van der Waals surface area contributed by atoms with Crippen LogP contribution in [0.4, 0.5) is 18.9 Å². The van der Waals surface area contributed by atoms with Crippen molar-refractivity contribution < 1.29 is 27.2 Å². The van der Waals surface area contributed by atoms with Crippen LogP contribution < -0.4 is 4.90 Å². The summed E-state index contributed by atoms with van der Waals surface area (Å²) in [6.07, 6.45) is -1.75. The highest BCUT2D eigenvalue weighted by atomic mass is 19.4. The average molecular weight is 489 g/mol. The normalized spacial score (nSPS) is 19.6. The van der Waals surface area contributed by atoms with Gasteiger partial charge in [-0.3, -0.25) is 9.59 Å². The number of hydrogen-bond donors (Lipinski definition) is 0. The Hall–Kier alpha value is -3.55. The van der Waals surface area contributed by atoms with E-state index < -0.39 is 23.3 Å². The summed E-state index contributed by atoms with van der Waals surface area (Å²) in [5.41, 5.74) is -0.851.